The molecule has 1 amide bonds. The molecule has 0 aliphatic carbocycles. The first-order chi connectivity index (χ1) is 11.8. The van der Waals surface area contributed by atoms with Crippen molar-refractivity contribution in [2.24, 2.45) is 0 Å². The molecule has 1 aliphatic rings. The normalized spacial score (nSPS) is 14.1. The van der Waals surface area contributed by atoms with Crippen LogP contribution in [-0.4, -0.2) is 27.1 Å². The molecule has 1 heterocycles. The lowest BCUT2D eigenvalue weighted by Gasteiger charge is -2.29. The Hall–Kier alpha value is -1.61. The van der Waals surface area contributed by atoms with Crippen LogP contribution in [0, 0.1) is 10.5 Å². The molecule has 1 aliphatic heterocycles. The standard InChI is InChI=1S/C18H19IN2O3S/c1-12-5-7-15(11-16(12)19)20-18(22)14-6-8-17-13(10-14)4-3-9-21(17)25(2,23)24/h5-8,10-11H,3-4,9H2,1-2H3,(H,20,22). The van der Waals surface area contributed by atoms with Crippen LogP contribution in [0.3, 0.4) is 0 Å². The Morgan fingerprint density at radius 3 is 2.64 bits per heavy atom. The van der Waals surface area contributed by atoms with E-state index in [1.54, 1.807) is 18.2 Å². The summed E-state index contributed by atoms with van der Waals surface area (Å²) in [4.78, 5) is 12.5. The lowest BCUT2D eigenvalue weighted by Crippen LogP contribution is -2.34. The molecule has 25 heavy (non-hydrogen) atoms. The first-order valence-electron chi connectivity index (χ1n) is 7.94. The van der Waals surface area contributed by atoms with Crippen LogP contribution in [-0.2, 0) is 16.4 Å². The maximum atomic E-state index is 12.5. The predicted molar refractivity (Wildman–Crippen MR) is 109 cm³/mol. The van der Waals surface area contributed by atoms with E-state index in [2.05, 4.69) is 27.9 Å². The molecule has 7 heteroatoms. The van der Waals surface area contributed by atoms with Crippen molar-refractivity contribution in [2.45, 2.75) is 19.8 Å². The molecule has 1 N–H and O–H groups in total. The average molecular weight is 470 g/mol. The number of nitrogens with one attached hydrogen (secondary N) is 1. The zero-order chi connectivity index (χ0) is 18.2. The number of rotatable bonds is 3. The van der Waals surface area contributed by atoms with Gasteiger partial charge < -0.3 is 5.32 Å². The van der Waals surface area contributed by atoms with Crippen LogP contribution >= 0.6 is 22.6 Å². The second-order valence-corrected chi connectivity index (χ2v) is 9.27. The third kappa shape index (κ3) is 3.98. The molecule has 5 nitrogen and oxygen atoms in total. The van der Waals surface area contributed by atoms with Crippen LogP contribution in [0.2, 0.25) is 0 Å². The number of nitrogens with zero attached hydrogens (tertiary/aromatic N) is 1. The number of amides is 1. The van der Waals surface area contributed by atoms with Crippen molar-refractivity contribution in [3.05, 3.63) is 56.7 Å². The van der Waals surface area contributed by atoms with Gasteiger partial charge in [-0.1, -0.05) is 6.07 Å². The van der Waals surface area contributed by atoms with Gasteiger partial charge in [-0.25, -0.2) is 8.42 Å². The fourth-order valence-corrected chi connectivity index (χ4v) is 4.43. The molecule has 2 aromatic rings. The molecular formula is C18H19IN2O3S. The fourth-order valence-electron chi connectivity index (χ4n) is 2.92. The largest absolute Gasteiger partial charge is 0.322 e. The molecule has 3 rings (SSSR count). The molecule has 0 spiro atoms. The van der Waals surface area contributed by atoms with E-state index in [0.29, 0.717) is 17.8 Å². The molecule has 0 bridgehead atoms. The predicted octanol–water partition coefficient (Wildman–Crippen LogP) is 3.56. The van der Waals surface area contributed by atoms with Crippen LogP contribution in [0.5, 0.6) is 0 Å². The average Bonchev–Trinajstić information content (AvgIpc) is 2.56. The quantitative estimate of drug-likeness (QED) is 0.698. The van der Waals surface area contributed by atoms with E-state index in [-0.39, 0.29) is 5.91 Å². The highest BCUT2D eigenvalue weighted by Gasteiger charge is 2.24. The van der Waals surface area contributed by atoms with Crippen molar-refractivity contribution in [1.29, 1.82) is 0 Å². The van der Waals surface area contributed by atoms with Crippen molar-refractivity contribution in [3.8, 4) is 0 Å². The van der Waals surface area contributed by atoms with Gasteiger partial charge in [0.05, 0.1) is 11.9 Å². The van der Waals surface area contributed by atoms with Gasteiger partial charge in [-0.2, -0.15) is 0 Å². The molecule has 0 saturated carbocycles. The Bertz CT molecular complexity index is 941. The summed E-state index contributed by atoms with van der Waals surface area (Å²) >= 11 is 2.24. The number of aryl methyl sites for hydroxylation is 2. The smallest absolute Gasteiger partial charge is 0.255 e. The number of carbonyl (C=O) groups is 1. The molecule has 0 atom stereocenters. The van der Waals surface area contributed by atoms with Gasteiger partial charge in [0.1, 0.15) is 0 Å². The maximum Gasteiger partial charge on any atom is 0.255 e. The number of anilines is 2. The van der Waals surface area contributed by atoms with E-state index >= 15 is 0 Å². The third-order valence-corrected chi connectivity index (χ3v) is 6.59. The highest BCUT2D eigenvalue weighted by molar-refractivity contribution is 14.1. The van der Waals surface area contributed by atoms with Gasteiger partial charge in [0.15, 0.2) is 0 Å². The van der Waals surface area contributed by atoms with Crippen molar-refractivity contribution in [2.75, 3.05) is 22.4 Å². The van der Waals surface area contributed by atoms with Crippen molar-refractivity contribution in [3.63, 3.8) is 0 Å². The minimum atomic E-state index is -3.30. The Kier molecular flexibility index (Phi) is 5.06. The summed E-state index contributed by atoms with van der Waals surface area (Å²) in [6.45, 7) is 2.50. The molecule has 0 saturated heterocycles. The van der Waals surface area contributed by atoms with Crippen LogP contribution in [0.4, 0.5) is 11.4 Å². The van der Waals surface area contributed by atoms with Gasteiger partial charge in [0.25, 0.3) is 5.91 Å². The number of hydrogen-bond acceptors (Lipinski definition) is 3. The van der Waals surface area contributed by atoms with Crippen molar-refractivity contribution < 1.29 is 13.2 Å². The van der Waals surface area contributed by atoms with Gasteiger partial charge in [-0.15, -0.1) is 0 Å². The number of hydrogen-bond donors (Lipinski definition) is 1. The van der Waals surface area contributed by atoms with E-state index in [9.17, 15) is 13.2 Å². The second-order valence-electron chi connectivity index (χ2n) is 6.20. The fraction of sp³-hybridized carbons (Fsp3) is 0.278. The summed E-state index contributed by atoms with van der Waals surface area (Å²) < 4.78 is 26.3. The monoisotopic (exact) mass is 470 g/mol. The lowest BCUT2D eigenvalue weighted by molar-refractivity contribution is 0.102. The summed E-state index contributed by atoms with van der Waals surface area (Å²) in [7, 11) is -3.30. The van der Waals surface area contributed by atoms with Crippen molar-refractivity contribution in [1.82, 2.24) is 0 Å². The zero-order valence-corrected chi connectivity index (χ0v) is 17.0. The molecule has 0 aromatic heterocycles. The van der Waals surface area contributed by atoms with Gasteiger partial charge in [0, 0.05) is 21.4 Å². The minimum absolute atomic E-state index is 0.195. The van der Waals surface area contributed by atoms with E-state index in [4.69, 9.17) is 0 Å². The van der Waals surface area contributed by atoms with Gasteiger partial charge in [-0.05, 0) is 83.8 Å². The van der Waals surface area contributed by atoms with Crippen LogP contribution < -0.4 is 9.62 Å². The number of benzene rings is 2. The van der Waals surface area contributed by atoms with Crippen LogP contribution in [0.25, 0.3) is 0 Å². The van der Waals surface area contributed by atoms with E-state index in [0.717, 1.165) is 33.2 Å². The maximum absolute atomic E-state index is 12.5. The third-order valence-electron chi connectivity index (χ3n) is 4.25. The van der Waals surface area contributed by atoms with E-state index in [1.165, 1.54) is 10.6 Å². The van der Waals surface area contributed by atoms with Crippen molar-refractivity contribution >= 4 is 49.9 Å². The zero-order valence-electron chi connectivity index (χ0n) is 14.0. The Morgan fingerprint density at radius 1 is 1.20 bits per heavy atom. The minimum Gasteiger partial charge on any atom is -0.322 e. The molecule has 0 unspecified atom stereocenters. The van der Waals surface area contributed by atoms with Gasteiger partial charge in [-0.3, -0.25) is 9.10 Å². The Labute approximate surface area is 161 Å². The summed E-state index contributed by atoms with van der Waals surface area (Å²) in [6, 6.07) is 11.0. The highest BCUT2D eigenvalue weighted by Crippen LogP contribution is 2.30. The first kappa shape index (κ1) is 18.2. The molecule has 132 valence electrons. The number of carbonyl (C=O) groups excluding carboxylic acids is 1. The highest BCUT2D eigenvalue weighted by atomic mass is 127. The summed E-state index contributed by atoms with van der Waals surface area (Å²) in [6.07, 6.45) is 2.73. The SMILES string of the molecule is Cc1ccc(NC(=O)c2ccc3c(c2)CCCN3S(C)(=O)=O)cc1I. The molecule has 2 aromatic carbocycles. The summed E-state index contributed by atoms with van der Waals surface area (Å²) in [5, 5.41) is 2.90. The van der Waals surface area contributed by atoms with Gasteiger partial charge >= 0.3 is 0 Å². The van der Waals surface area contributed by atoms with Crippen LogP contribution in [0.1, 0.15) is 27.9 Å². The van der Waals surface area contributed by atoms with Crippen LogP contribution in [0.15, 0.2) is 36.4 Å². The topological polar surface area (TPSA) is 66.5 Å². The summed E-state index contributed by atoms with van der Waals surface area (Å²) in [5.41, 5.74) is 4.01. The number of sulfonamides is 1. The Balaban J connectivity index is 1.86. The van der Waals surface area contributed by atoms with E-state index < -0.39 is 10.0 Å². The lowest BCUT2D eigenvalue weighted by atomic mass is 10.0. The number of fused-ring (bicyclic) bond motifs is 1. The Morgan fingerprint density at radius 2 is 1.96 bits per heavy atom. The number of halogens is 1. The first-order valence-corrected chi connectivity index (χ1v) is 10.9. The van der Waals surface area contributed by atoms with Gasteiger partial charge in [0.2, 0.25) is 10.0 Å². The van der Waals surface area contributed by atoms with E-state index in [1.807, 2.05) is 25.1 Å². The summed E-state index contributed by atoms with van der Waals surface area (Å²) in [5.74, 6) is -0.195. The molecular weight excluding hydrogens is 451 g/mol. The molecule has 0 fully saturated rings. The molecule has 0 radical (unpaired) electrons. The second kappa shape index (κ2) is 6.95.